The molecular formula is C27H32BrClN4O4S. The lowest BCUT2D eigenvalue weighted by Crippen LogP contribution is -2.74. The first-order valence-corrected chi connectivity index (χ1v) is 14.7. The van der Waals surface area contributed by atoms with Gasteiger partial charge in [-0.2, -0.15) is 0 Å². The van der Waals surface area contributed by atoms with Crippen LogP contribution in [-0.4, -0.2) is 76.8 Å². The van der Waals surface area contributed by atoms with E-state index in [1.165, 1.54) is 11.9 Å². The molecule has 3 fully saturated rings. The second-order valence-electron chi connectivity index (χ2n) is 9.12. The fourth-order valence-corrected chi connectivity index (χ4v) is 6.55. The lowest BCUT2D eigenvalue weighted by atomic mass is 9.97. The Morgan fingerprint density at radius 3 is 2.45 bits per heavy atom. The Bertz CT molecular complexity index is 1170. The molecule has 5 rings (SSSR count). The molecular weight excluding hydrogens is 592 g/mol. The minimum absolute atomic E-state index is 0.0398. The van der Waals surface area contributed by atoms with Gasteiger partial charge in [-0.3, -0.25) is 14.4 Å². The van der Waals surface area contributed by atoms with E-state index >= 15 is 0 Å². The molecule has 2 heterocycles. The van der Waals surface area contributed by atoms with Crippen LogP contribution >= 0.6 is 39.5 Å². The third-order valence-electron chi connectivity index (χ3n) is 6.77. The van der Waals surface area contributed by atoms with Gasteiger partial charge in [0, 0.05) is 28.5 Å². The molecule has 1 N–H and O–H groups in total. The van der Waals surface area contributed by atoms with Crippen LogP contribution in [0, 0.1) is 0 Å². The second kappa shape index (κ2) is 12.7. The highest BCUT2D eigenvalue weighted by Crippen LogP contribution is 2.41. The molecule has 0 spiro atoms. The van der Waals surface area contributed by atoms with Crippen molar-refractivity contribution < 1.29 is 19.1 Å². The Labute approximate surface area is 241 Å². The number of carbonyl (C=O) groups excluding carboxylic acids is 3. The Kier molecular flexibility index (Phi) is 9.62. The topological polar surface area (TPSA) is 82.2 Å². The Morgan fingerprint density at radius 2 is 1.82 bits per heavy atom. The van der Waals surface area contributed by atoms with Crippen molar-refractivity contribution in [2.75, 3.05) is 20.2 Å². The first-order chi connectivity index (χ1) is 18.4. The summed E-state index contributed by atoms with van der Waals surface area (Å²) in [5.74, 6) is 0.375. The monoisotopic (exact) mass is 622 g/mol. The van der Waals surface area contributed by atoms with Gasteiger partial charge < -0.3 is 19.9 Å². The number of methoxy groups -OCH3 is 1. The number of carbonyl (C=O) groups is 3. The average molecular weight is 624 g/mol. The number of rotatable bonds is 8. The maximum absolute atomic E-state index is 13.7. The van der Waals surface area contributed by atoms with Crippen molar-refractivity contribution in [3.63, 3.8) is 0 Å². The maximum atomic E-state index is 13.7. The normalized spacial score (nSPS) is 23.3. The van der Waals surface area contributed by atoms with Gasteiger partial charge in [-0.05, 0) is 60.7 Å². The van der Waals surface area contributed by atoms with E-state index in [9.17, 15) is 14.4 Å². The highest BCUT2D eigenvalue weighted by Gasteiger charge is 2.53. The minimum Gasteiger partial charge on any atom is -0.496 e. The third-order valence-corrected chi connectivity index (χ3v) is 8.68. The number of hydrogen-bond donors (Lipinski definition) is 1. The summed E-state index contributed by atoms with van der Waals surface area (Å²) in [6, 6.07) is 11.9. The first kappa shape index (κ1) is 28.7. The number of amides is 3. The molecule has 3 unspecified atom stereocenters. The van der Waals surface area contributed by atoms with E-state index in [1.807, 2.05) is 49.1 Å². The highest BCUT2D eigenvalue weighted by molar-refractivity contribution is 9.10. The summed E-state index contributed by atoms with van der Waals surface area (Å²) in [7, 11) is 1.60. The zero-order valence-corrected chi connectivity index (χ0v) is 24.8. The molecule has 0 radical (unpaired) electrons. The molecule has 1 aliphatic carbocycles. The van der Waals surface area contributed by atoms with E-state index < -0.39 is 12.1 Å². The Morgan fingerprint density at radius 1 is 1.11 bits per heavy atom. The van der Waals surface area contributed by atoms with Gasteiger partial charge in [0.1, 0.15) is 24.0 Å². The lowest BCUT2D eigenvalue weighted by Gasteiger charge is -2.53. The van der Waals surface area contributed by atoms with Crippen LogP contribution in [0.3, 0.4) is 0 Å². The van der Waals surface area contributed by atoms with Crippen LogP contribution in [-0.2, 0) is 20.8 Å². The molecule has 1 saturated carbocycles. The van der Waals surface area contributed by atoms with Crippen molar-refractivity contribution in [2.45, 2.75) is 62.3 Å². The van der Waals surface area contributed by atoms with Crippen molar-refractivity contribution in [1.29, 1.82) is 0 Å². The average Bonchev–Trinajstić information content (AvgIpc) is 3.76. The van der Waals surface area contributed by atoms with E-state index in [4.69, 9.17) is 16.3 Å². The van der Waals surface area contributed by atoms with Gasteiger partial charge >= 0.3 is 0 Å². The highest BCUT2D eigenvalue weighted by atomic mass is 79.9. The van der Waals surface area contributed by atoms with E-state index in [-0.39, 0.29) is 30.6 Å². The molecule has 204 valence electrons. The number of hydrogen-bond acceptors (Lipinski definition) is 6. The summed E-state index contributed by atoms with van der Waals surface area (Å²) in [6.07, 6.45) is 2.51. The van der Waals surface area contributed by atoms with Crippen LogP contribution in [0.4, 0.5) is 0 Å². The number of nitrogens with one attached hydrogen (secondary N) is 1. The number of fused-ring (bicyclic) bond motifs is 1. The van der Waals surface area contributed by atoms with Gasteiger partial charge in [-0.25, -0.2) is 4.31 Å². The van der Waals surface area contributed by atoms with E-state index in [0.717, 1.165) is 27.8 Å². The minimum atomic E-state index is -0.774. The van der Waals surface area contributed by atoms with Gasteiger partial charge in [0.05, 0.1) is 18.6 Å². The van der Waals surface area contributed by atoms with Crippen LogP contribution in [0.25, 0.3) is 0 Å². The quantitative estimate of drug-likeness (QED) is 0.348. The molecule has 11 heteroatoms. The fraction of sp³-hybridized carbons (Fsp3) is 0.444. The number of benzene rings is 2. The maximum Gasteiger partial charge on any atom is 0.248 e. The summed E-state index contributed by atoms with van der Waals surface area (Å²) in [4.78, 5) is 43.2. The molecule has 2 aliphatic heterocycles. The van der Waals surface area contributed by atoms with Crippen LogP contribution in [0.5, 0.6) is 5.75 Å². The van der Waals surface area contributed by atoms with Crippen molar-refractivity contribution in [3.8, 4) is 5.75 Å². The molecule has 0 bridgehead atoms. The molecule has 0 aromatic heterocycles. The summed E-state index contributed by atoms with van der Waals surface area (Å²) < 4.78 is 8.55. The van der Waals surface area contributed by atoms with Gasteiger partial charge in [-0.1, -0.05) is 53.5 Å². The summed E-state index contributed by atoms with van der Waals surface area (Å²) >= 11 is 11.2. The van der Waals surface area contributed by atoms with Crippen LogP contribution in [0.2, 0.25) is 5.02 Å². The molecule has 8 nitrogen and oxygen atoms in total. The molecule has 2 aromatic rings. The van der Waals surface area contributed by atoms with Crippen LogP contribution < -0.4 is 10.1 Å². The predicted octanol–water partition coefficient (Wildman–Crippen LogP) is 4.35. The zero-order valence-electron chi connectivity index (χ0n) is 21.6. The van der Waals surface area contributed by atoms with E-state index in [2.05, 4.69) is 25.6 Å². The molecule has 3 amide bonds. The Hall–Kier alpha value is -2.27. The van der Waals surface area contributed by atoms with Gasteiger partial charge in [-0.15, -0.1) is 0 Å². The first-order valence-electron chi connectivity index (χ1n) is 12.7. The van der Waals surface area contributed by atoms with Crippen molar-refractivity contribution in [2.24, 2.45) is 0 Å². The van der Waals surface area contributed by atoms with Gasteiger partial charge in [0.2, 0.25) is 18.2 Å². The van der Waals surface area contributed by atoms with Crippen molar-refractivity contribution >= 4 is 57.7 Å². The van der Waals surface area contributed by atoms with Gasteiger partial charge in [0.25, 0.3) is 0 Å². The summed E-state index contributed by atoms with van der Waals surface area (Å²) in [5, 5.41) is 3.23. The fourth-order valence-electron chi connectivity index (χ4n) is 4.86. The number of ether oxygens (including phenoxy) is 1. The van der Waals surface area contributed by atoms with Crippen molar-refractivity contribution in [1.82, 2.24) is 19.4 Å². The number of piperazine rings is 1. The second-order valence-corrected chi connectivity index (χ2v) is 11.6. The molecule has 2 aromatic carbocycles. The smallest absolute Gasteiger partial charge is 0.248 e. The van der Waals surface area contributed by atoms with Crippen LogP contribution in [0.15, 0.2) is 51.8 Å². The third kappa shape index (κ3) is 6.14. The summed E-state index contributed by atoms with van der Waals surface area (Å²) in [5.41, 5.74) is 0.960. The van der Waals surface area contributed by atoms with Crippen LogP contribution in [0.1, 0.15) is 32.3 Å². The number of nitrogens with zero attached hydrogens (tertiary/aromatic N) is 3. The number of halogens is 2. The molecule has 3 atom stereocenters. The predicted molar refractivity (Wildman–Crippen MR) is 152 cm³/mol. The van der Waals surface area contributed by atoms with E-state index in [0.29, 0.717) is 30.1 Å². The lowest BCUT2D eigenvalue weighted by molar-refractivity contribution is -0.167. The Balaban J connectivity index is 0.00000164. The molecule has 2 saturated heterocycles. The van der Waals surface area contributed by atoms with E-state index in [1.54, 1.807) is 24.1 Å². The SMILES string of the molecule is CC.COc1ccc(Cl)cc1SN1CC(NC=O)C(=O)N2C(Cc3ccc(Br)cc3)C(=O)N(C3CC3)CC12. The largest absolute Gasteiger partial charge is 0.496 e. The standard InChI is InChI=1S/C25H26BrClN4O4S.C2H6/c1-35-21-9-6-17(27)11-22(21)36-30-12-19(28-14-32)24(33)31-20(10-15-2-4-16(26)5-3-15)25(34)29(13-23(30)31)18-7-8-18;1-2/h2-6,9,11,14,18-20,23H,7-8,10,12-13H2,1H3,(H,28,32);1-2H3. The van der Waals surface area contributed by atoms with Crippen molar-refractivity contribution in [3.05, 3.63) is 57.5 Å². The molecule has 3 aliphatic rings. The zero-order chi connectivity index (χ0) is 27.4. The van der Waals surface area contributed by atoms with Gasteiger partial charge in [0.15, 0.2) is 0 Å². The molecule has 38 heavy (non-hydrogen) atoms. The summed E-state index contributed by atoms with van der Waals surface area (Å²) in [6.45, 7) is 4.70.